The van der Waals surface area contributed by atoms with Crippen molar-refractivity contribution in [1.82, 2.24) is 5.32 Å². The predicted molar refractivity (Wildman–Crippen MR) is 119 cm³/mol. The van der Waals surface area contributed by atoms with E-state index in [1.165, 1.54) is 24.6 Å². The molecular weight excluding hydrogens is 425 g/mol. The van der Waals surface area contributed by atoms with Gasteiger partial charge >= 0.3 is 0 Å². The van der Waals surface area contributed by atoms with Crippen molar-refractivity contribution in [2.24, 2.45) is 4.99 Å². The third-order valence-corrected chi connectivity index (χ3v) is 6.24. The van der Waals surface area contributed by atoms with E-state index >= 15 is 0 Å². The van der Waals surface area contributed by atoms with Gasteiger partial charge in [-0.15, -0.1) is 0 Å². The fraction of sp³-hybridized carbons (Fsp3) is 0.120. The molecule has 4 heterocycles. The molecule has 2 amide bonds. The van der Waals surface area contributed by atoms with E-state index in [1.54, 1.807) is 25.3 Å². The molecule has 1 atom stereocenters. The first-order valence-corrected chi connectivity index (χ1v) is 10.4. The highest BCUT2D eigenvalue weighted by Crippen LogP contribution is 2.41. The summed E-state index contributed by atoms with van der Waals surface area (Å²) in [5.41, 5.74) is 3.12. The molecule has 0 saturated heterocycles. The molecule has 2 aromatic carbocycles. The van der Waals surface area contributed by atoms with Crippen LogP contribution in [0.2, 0.25) is 0 Å². The first-order valence-electron chi connectivity index (χ1n) is 10.4. The summed E-state index contributed by atoms with van der Waals surface area (Å²) >= 11 is 0. The molecule has 0 fully saturated rings. The molecule has 0 aliphatic carbocycles. The lowest BCUT2D eigenvalue weighted by molar-refractivity contribution is -0.123. The molecule has 0 saturated carbocycles. The summed E-state index contributed by atoms with van der Waals surface area (Å²) in [6.07, 6.45) is 5.15. The van der Waals surface area contributed by atoms with E-state index in [1.807, 2.05) is 17.0 Å². The molecule has 1 unspecified atom stereocenters. The number of imide groups is 1. The largest absolute Gasteiger partial charge is 0.464 e. The summed E-state index contributed by atoms with van der Waals surface area (Å²) in [5, 5.41) is 2.79. The van der Waals surface area contributed by atoms with Crippen molar-refractivity contribution < 1.29 is 23.2 Å². The summed E-state index contributed by atoms with van der Waals surface area (Å²) in [5.74, 6) is -1.82. The number of carbonyl (C=O) groups excluding carboxylic acids is 3. The molecule has 6 rings (SSSR count). The Morgan fingerprint density at radius 1 is 1.15 bits per heavy atom. The molecule has 0 bridgehead atoms. The Balaban J connectivity index is 1.62. The molecule has 3 aliphatic rings. The van der Waals surface area contributed by atoms with E-state index in [-0.39, 0.29) is 34.2 Å². The minimum absolute atomic E-state index is 0.00114. The first-order chi connectivity index (χ1) is 15.9. The van der Waals surface area contributed by atoms with E-state index in [2.05, 4.69) is 10.3 Å². The van der Waals surface area contributed by atoms with Gasteiger partial charge in [-0.3, -0.25) is 24.7 Å². The van der Waals surface area contributed by atoms with Gasteiger partial charge in [0.25, 0.3) is 11.8 Å². The Labute approximate surface area is 186 Å². The number of hydrogen-bond donors (Lipinski definition) is 1. The van der Waals surface area contributed by atoms with E-state index in [9.17, 15) is 18.8 Å². The lowest BCUT2D eigenvalue weighted by atomic mass is 9.92. The van der Waals surface area contributed by atoms with E-state index in [0.29, 0.717) is 23.0 Å². The molecule has 162 valence electrons. The van der Waals surface area contributed by atoms with Crippen LogP contribution in [0.25, 0.3) is 16.5 Å². The van der Waals surface area contributed by atoms with Gasteiger partial charge in [-0.05, 0) is 30.7 Å². The van der Waals surface area contributed by atoms with Crippen molar-refractivity contribution in [3.8, 4) is 0 Å². The number of para-hydroxylation sites is 1. The number of furan rings is 1. The zero-order valence-corrected chi connectivity index (χ0v) is 17.4. The molecule has 0 spiro atoms. The van der Waals surface area contributed by atoms with E-state index in [4.69, 9.17) is 4.42 Å². The zero-order chi connectivity index (χ0) is 22.9. The predicted octanol–water partition coefficient (Wildman–Crippen LogP) is 3.28. The minimum Gasteiger partial charge on any atom is -0.464 e. The van der Waals surface area contributed by atoms with Gasteiger partial charge < -0.3 is 9.32 Å². The third-order valence-electron chi connectivity index (χ3n) is 6.24. The number of Topliss-reactive ketones (excluding diaryl/α,β-unsaturated/α-hetero) is 1. The summed E-state index contributed by atoms with van der Waals surface area (Å²) in [4.78, 5) is 44.5. The number of amides is 2. The average molecular weight is 441 g/mol. The standard InChI is InChI=1S/C25H16FN3O4/c1-12(30)18-10-13-3-2-4-16-21(27-6-7-29(18)22(13)16)20-19(24(31)28-25(20)32)17-11-15(26)9-14-5-8-33-23(14)17/h2-9,11,18H,10H2,1H3,(H,28,31,32). The molecular formula is C25H16FN3O4. The van der Waals surface area contributed by atoms with Crippen molar-refractivity contribution in [2.45, 2.75) is 19.4 Å². The lowest BCUT2D eigenvalue weighted by Crippen LogP contribution is -2.33. The summed E-state index contributed by atoms with van der Waals surface area (Å²) < 4.78 is 19.9. The van der Waals surface area contributed by atoms with Gasteiger partial charge in [-0.25, -0.2) is 4.39 Å². The smallest absolute Gasteiger partial charge is 0.261 e. The van der Waals surface area contributed by atoms with Crippen LogP contribution in [0, 0.1) is 5.82 Å². The van der Waals surface area contributed by atoms with Crippen molar-refractivity contribution in [2.75, 3.05) is 4.90 Å². The maximum Gasteiger partial charge on any atom is 0.261 e. The Hall–Kier alpha value is -4.33. The van der Waals surface area contributed by atoms with Crippen LogP contribution in [0.5, 0.6) is 0 Å². The van der Waals surface area contributed by atoms with Crippen molar-refractivity contribution in [3.63, 3.8) is 0 Å². The zero-order valence-electron chi connectivity index (χ0n) is 17.4. The number of halogens is 1. The molecule has 3 aromatic rings. The maximum absolute atomic E-state index is 14.4. The summed E-state index contributed by atoms with van der Waals surface area (Å²) in [6, 6.07) is 9.26. The van der Waals surface area contributed by atoms with Crippen LogP contribution in [0.4, 0.5) is 10.1 Å². The molecule has 8 heteroatoms. The number of aliphatic imine (C=N–C) groups is 1. The highest BCUT2D eigenvalue weighted by Gasteiger charge is 2.40. The second-order valence-corrected chi connectivity index (χ2v) is 8.15. The molecule has 7 nitrogen and oxygen atoms in total. The number of carbonyl (C=O) groups is 3. The van der Waals surface area contributed by atoms with Crippen LogP contribution in [0.15, 0.2) is 70.0 Å². The lowest BCUT2D eigenvalue weighted by Gasteiger charge is -2.22. The van der Waals surface area contributed by atoms with Gasteiger partial charge in [0, 0.05) is 35.3 Å². The normalized spacial score (nSPS) is 19.2. The van der Waals surface area contributed by atoms with Crippen LogP contribution < -0.4 is 10.2 Å². The van der Waals surface area contributed by atoms with Crippen LogP contribution in [0.3, 0.4) is 0 Å². The topological polar surface area (TPSA) is 92.0 Å². The van der Waals surface area contributed by atoms with Crippen LogP contribution in [0.1, 0.15) is 23.6 Å². The average Bonchev–Trinajstić information content (AvgIpc) is 3.42. The van der Waals surface area contributed by atoms with E-state index < -0.39 is 17.6 Å². The number of hydrogen-bond acceptors (Lipinski definition) is 6. The second kappa shape index (κ2) is 6.83. The van der Waals surface area contributed by atoms with Gasteiger partial charge in [0.15, 0.2) is 5.78 Å². The Bertz CT molecular complexity index is 1510. The van der Waals surface area contributed by atoms with Crippen LogP contribution in [-0.2, 0) is 20.8 Å². The van der Waals surface area contributed by atoms with E-state index in [0.717, 1.165) is 11.3 Å². The first kappa shape index (κ1) is 19.4. The Morgan fingerprint density at radius 2 is 1.97 bits per heavy atom. The number of benzene rings is 2. The molecule has 1 N–H and O–H groups in total. The van der Waals surface area contributed by atoms with Crippen LogP contribution in [-0.4, -0.2) is 29.4 Å². The number of rotatable bonds is 3. The molecule has 1 aromatic heterocycles. The second-order valence-electron chi connectivity index (χ2n) is 8.15. The van der Waals surface area contributed by atoms with Crippen molar-refractivity contribution in [1.29, 1.82) is 0 Å². The summed E-state index contributed by atoms with van der Waals surface area (Å²) in [7, 11) is 0. The number of ketones is 1. The van der Waals surface area contributed by atoms with Gasteiger partial charge in [-0.2, -0.15) is 0 Å². The summed E-state index contributed by atoms with van der Waals surface area (Å²) in [6.45, 7) is 1.54. The molecule has 33 heavy (non-hydrogen) atoms. The Kier molecular flexibility index (Phi) is 4.01. The van der Waals surface area contributed by atoms with Gasteiger partial charge in [0.1, 0.15) is 11.4 Å². The van der Waals surface area contributed by atoms with Gasteiger partial charge in [-0.1, -0.05) is 18.2 Å². The van der Waals surface area contributed by atoms with Crippen molar-refractivity contribution in [3.05, 3.63) is 83.1 Å². The number of nitrogens with zero attached hydrogens (tertiary/aromatic N) is 2. The fourth-order valence-electron chi connectivity index (χ4n) is 4.85. The Morgan fingerprint density at radius 3 is 2.79 bits per heavy atom. The number of nitrogens with one attached hydrogen (secondary N) is 1. The van der Waals surface area contributed by atoms with Gasteiger partial charge in [0.2, 0.25) is 0 Å². The quantitative estimate of drug-likeness (QED) is 0.630. The highest BCUT2D eigenvalue weighted by molar-refractivity contribution is 6.48. The van der Waals surface area contributed by atoms with Crippen molar-refractivity contribution >= 4 is 45.5 Å². The fourth-order valence-corrected chi connectivity index (χ4v) is 4.85. The number of anilines is 1. The SMILES string of the molecule is CC(=O)C1Cc2cccc3c2N1C=CN=C3C1=C(c2cc(F)cc3ccoc23)C(=O)NC1=O. The third kappa shape index (κ3) is 2.73. The molecule has 0 radical (unpaired) electrons. The van der Waals surface area contributed by atoms with Crippen LogP contribution >= 0.6 is 0 Å². The minimum atomic E-state index is -0.653. The molecule has 3 aliphatic heterocycles. The monoisotopic (exact) mass is 441 g/mol. The number of fused-ring (bicyclic) bond motifs is 1. The maximum atomic E-state index is 14.4. The van der Waals surface area contributed by atoms with Gasteiger partial charge in [0.05, 0.1) is 34.9 Å². The highest BCUT2D eigenvalue weighted by atomic mass is 19.1.